The fraction of sp³-hybridized carbons (Fsp3) is 0.619. The molecule has 148 valence electrons. The number of aliphatic carboxylic acids is 1. The van der Waals surface area contributed by atoms with Crippen LogP contribution in [-0.4, -0.2) is 58.7 Å². The third-order valence-corrected chi connectivity index (χ3v) is 5.58. The van der Waals surface area contributed by atoms with E-state index in [0.29, 0.717) is 39.0 Å². The summed E-state index contributed by atoms with van der Waals surface area (Å²) in [6, 6.07) is 10.1. The highest BCUT2D eigenvalue weighted by Gasteiger charge is 2.53. The lowest BCUT2D eigenvalue weighted by molar-refractivity contribution is -0.151. The van der Waals surface area contributed by atoms with E-state index in [1.807, 2.05) is 39.0 Å². The van der Waals surface area contributed by atoms with Gasteiger partial charge in [-0.3, -0.25) is 9.69 Å². The number of rotatable bonds is 3. The number of likely N-dealkylation sites (tertiary alicyclic amines) is 2. The minimum atomic E-state index is -0.786. The summed E-state index contributed by atoms with van der Waals surface area (Å²) in [6.45, 7) is 8.49. The van der Waals surface area contributed by atoms with E-state index in [9.17, 15) is 14.7 Å². The van der Waals surface area contributed by atoms with Crippen molar-refractivity contribution in [3.05, 3.63) is 35.9 Å². The van der Waals surface area contributed by atoms with Gasteiger partial charge in [-0.1, -0.05) is 30.3 Å². The van der Waals surface area contributed by atoms with Gasteiger partial charge in [0.1, 0.15) is 5.60 Å². The zero-order valence-corrected chi connectivity index (χ0v) is 16.5. The monoisotopic (exact) mass is 374 g/mol. The van der Waals surface area contributed by atoms with Gasteiger partial charge >= 0.3 is 12.1 Å². The number of carbonyl (C=O) groups is 2. The first-order valence-corrected chi connectivity index (χ1v) is 9.67. The Morgan fingerprint density at radius 1 is 1.22 bits per heavy atom. The molecule has 2 fully saturated rings. The maximum Gasteiger partial charge on any atom is 0.410 e. The number of carboxylic acids is 1. The predicted octanol–water partition coefficient (Wildman–Crippen LogP) is 3.22. The first-order chi connectivity index (χ1) is 12.7. The zero-order chi connectivity index (χ0) is 19.7. The molecule has 6 nitrogen and oxygen atoms in total. The summed E-state index contributed by atoms with van der Waals surface area (Å²) in [4.78, 5) is 28.7. The number of carboxylic acid groups (broad SMARTS) is 1. The molecule has 3 rings (SSSR count). The maximum atomic E-state index is 12.5. The van der Waals surface area contributed by atoms with Crippen molar-refractivity contribution in [3.8, 4) is 0 Å². The number of hydrogen-bond donors (Lipinski definition) is 1. The second-order valence-corrected chi connectivity index (χ2v) is 8.84. The van der Waals surface area contributed by atoms with Crippen LogP contribution in [0.2, 0.25) is 0 Å². The van der Waals surface area contributed by atoms with Crippen molar-refractivity contribution in [3.63, 3.8) is 0 Å². The van der Waals surface area contributed by atoms with E-state index in [-0.39, 0.29) is 12.0 Å². The Labute approximate surface area is 161 Å². The molecule has 2 aliphatic heterocycles. The Balaban J connectivity index is 1.75. The second-order valence-electron chi connectivity index (χ2n) is 8.84. The summed E-state index contributed by atoms with van der Waals surface area (Å²) in [5.41, 5.74) is -0.160. The molecule has 1 aromatic carbocycles. The minimum Gasteiger partial charge on any atom is -0.481 e. The SMILES string of the molecule is CC(C)(C)OC(=O)N1CCC[C@]2(C(=O)O)CN(Cc3ccccc3)C[C@@H]2C1. The number of nitrogens with zero attached hydrogens (tertiary/aromatic N) is 2. The predicted molar refractivity (Wildman–Crippen MR) is 102 cm³/mol. The first-order valence-electron chi connectivity index (χ1n) is 9.67. The molecule has 0 bridgehead atoms. The second kappa shape index (κ2) is 7.50. The first kappa shape index (κ1) is 19.7. The van der Waals surface area contributed by atoms with Crippen LogP contribution < -0.4 is 0 Å². The Morgan fingerprint density at radius 2 is 1.93 bits per heavy atom. The van der Waals surface area contributed by atoms with E-state index < -0.39 is 17.0 Å². The zero-order valence-electron chi connectivity index (χ0n) is 16.5. The fourth-order valence-electron chi connectivity index (χ4n) is 4.34. The highest BCUT2D eigenvalue weighted by molar-refractivity contribution is 5.76. The van der Waals surface area contributed by atoms with Gasteiger partial charge < -0.3 is 14.7 Å². The third kappa shape index (κ3) is 4.43. The standard InChI is InChI=1S/C21H30N2O4/c1-20(2,3)27-19(26)23-11-7-10-21(18(24)25)15-22(13-17(21)14-23)12-16-8-5-4-6-9-16/h4-6,8-9,17H,7,10-15H2,1-3H3,(H,24,25)/t17-,21+/m1/s1. The summed E-state index contributed by atoms with van der Waals surface area (Å²) < 4.78 is 5.52. The van der Waals surface area contributed by atoms with Crippen LogP contribution in [0.4, 0.5) is 4.79 Å². The highest BCUT2D eigenvalue weighted by Crippen LogP contribution is 2.43. The van der Waals surface area contributed by atoms with Crippen LogP contribution in [0.3, 0.4) is 0 Å². The van der Waals surface area contributed by atoms with Gasteiger partial charge in [-0.25, -0.2) is 4.79 Å². The molecule has 6 heteroatoms. The van der Waals surface area contributed by atoms with Crippen LogP contribution in [0.25, 0.3) is 0 Å². The van der Waals surface area contributed by atoms with Crippen molar-refractivity contribution in [1.82, 2.24) is 9.80 Å². The average Bonchev–Trinajstić information content (AvgIpc) is 2.81. The molecule has 27 heavy (non-hydrogen) atoms. The van der Waals surface area contributed by atoms with E-state index in [4.69, 9.17) is 4.74 Å². The van der Waals surface area contributed by atoms with Crippen molar-refractivity contribution in [2.45, 2.75) is 45.8 Å². The van der Waals surface area contributed by atoms with Gasteiger partial charge in [0.25, 0.3) is 0 Å². The van der Waals surface area contributed by atoms with E-state index in [1.165, 1.54) is 5.56 Å². The summed E-state index contributed by atoms with van der Waals surface area (Å²) >= 11 is 0. The van der Waals surface area contributed by atoms with E-state index in [0.717, 1.165) is 6.54 Å². The molecule has 2 heterocycles. The summed E-state index contributed by atoms with van der Waals surface area (Å²) in [7, 11) is 0. The molecule has 0 radical (unpaired) electrons. The van der Waals surface area contributed by atoms with E-state index >= 15 is 0 Å². The molecule has 0 aromatic heterocycles. The van der Waals surface area contributed by atoms with Gasteiger partial charge in [-0.05, 0) is 39.2 Å². The van der Waals surface area contributed by atoms with Gasteiger partial charge in [-0.15, -0.1) is 0 Å². The van der Waals surface area contributed by atoms with Gasteiger partial charge in [0.15, 0.2) is 0 Å². The van der Waals surface area contributed by atoms with Crippen molar-refractivity contribution >= 4 is 12.1 Å². The lowest BCUT2D eigenvalue weighted by Gasteiger charge is -2.30. The molecular weight excluding hydrogens is 344 g/mol. The smallest absolute Gasteiger partial charge is 0.410 e. The molecule has 0 saturated carbocycles. The lowest BCUT2D eigenvalue weighted by atomic mass is 9.75. The number of benzene rings is 1. The van der Waals surface area contributed by atoms with Gasteiger partial charge in [0, 0.05) is 38.6 Å². The molecule has 2 aliphatic rings. The minimum absolute atomic E-state index is 0.0891. The Kier molecular flexibility index (Phi) is 5.47. The maximum absolute atomic E-state index is 12.5. The average molecular weight is 374 g/mol. The molecule has 1 amide bonds. The number of amides is 1. The summed E-state index contributed by atoms with van der Waals surface area (Å²) in [6.07, 6.45) is 0.934. The van der Waals surface area contributed by atoms with Gasteiger partial charge in [0.05, 0.1) is 5.41 Å². The van der Waals surface area contributed by atoms with Crippen LogP contribution in [0.15, 0.2) is 30.3 Å². The molecule has 0 aliphatic carbocycles. The van der Waals surface area contributed by atoms with Crippen molar-refractivity contribution in [1.29, 1.82) is 0 Å². The van der Waals surface area contributed by atoms with Crippen LogP contribution in [0.1, 0.15) is 39.2 Å². The van der Waals surface area contributed by atoms with E-state index in [1.54, 1.807) is 4.90 Å². The van der Waals surface area contributed by atoms with Crippen molar-refractivity contribution < 1.29 is 19.4 Å². The Bertz CT molecular complexity index is 685. The van der Waals surface area contributed by atoms with Gasteiger partial charge in [-0.2, -0.15) is 0 Å². The molecule has 2 saturated heterocycles. The van der Waals surface area contributed by atoms with E-state index in [2.05, 4.69) is 17.0 Å². The van der Waals surface area contributed by atoms with Crippen LogP contribution in [-0.2, 0) is 16.1 Å². The van der Waals surface area contributed by atoms with Gasteiger partial charge in [0.2, 0.25) is 0 Å². The Hall–Kier alpha value is -2.08. The molecule has 2 atom stereocenters. The third-order valence-electron chi connectivity index (χ3n) is 5.58. The number of fused-ring (bicyclic) bond motifs is 1. The molecule has 1 aromatic rings. The molecule has 1 N–H and O–H groups in total. The topological polar surface area (TPSA) is 70.1 Å². The molecular formula is C21H30N2O4. The van der Waals surface area contributed by atoms with Crippen molar-refractivity contribution in [2.24, 2.45) is 11.3 Å². The molecule has 0 spiro atoms. The fourth-order valence-corrected chi connectivity index (χ4v) is 4.34. The number of hydrogen-bond acceptors (Lipinski definition) is 4. The van der Waals surface area contributed by atoms with Crippen molar-refractivity contribution in [2.75, 3.05) is 26.2 Å². The largest absolute Gasteiger partial charge is 0.481 e. The van der Waals surface area contributed by atoms with Crippen LogP contribution >= 0.6 is 0 Å². The summed E-state index contributed by atoms with van der Waals surface area (Å²) in [5.74, 6) is -0.831. The van der Waals surface area contributed by atoms with Crippen LogP contribution in [0, 0.1) is 11.3 Å². The Morgan fingerprint density at radius 3 is 2.56 bits per heavy atom. The summed E-state index contributed by atoms with van der Waals surface area (Å²) in [5, 5.41) is 10.1. The lowest BCUT2D eigenvalue weighted by Crippen LogP contribution is -2.43. The quantitative estimate of drug-likeness (QED) is 0.880. The highest BCUT2D eigenvalue weighted by atomic mass is 16.6. The normalized spacial score (nSPS) is 26.3. The molecule has 0 unspecified atom stereocenters. The number of ether oxygens (including phenoxy) is 1. The van der Waals surface area contributed by atoms with Crippen LogP contribution in [0.5, 0.6) is 0 Å². The number of carbonyl (C=O) groups excluding carboxylic acids is 1.